The first-order chi connectivity index (χ1) is 6.61. The van der Waals surface area contributed by atoms with Crippen molar-refractivity contribution >= 4 is 5.97 Å². The first-order valence-corrected chi connectivity index (χ1v) is 5.24. The van der Waals surface area contributed by atoms with E-state index in [0.29, 0.717) is 6.54 Å². The predicted octanol–water partition coefficient (Wildman–Crippen LogP) is 0.554. The van der Waals surface area contributed by atoms with Crippen LogP contribution in [0.3, 0.4) is 0 Å². The number of hydrogen-bond acceptors (Lipinski definition) is 3. The van der Waals surface area contributed by atoms with Crippen LogP contribution in [0.5, 0.6) is 0 Å². The number of carboxylic acid groups (broad SMARTS) is 1. The topological polar surface area (TPSA) is 60.8 Å². The SMILES string of the molecule is CCC(O)CN1CCC(CC(=O)O)C1. The molecule has 4 nitrogen and oxygen atoms in total. The number of β-amino-alcohol motifs (C(OH)–C–C–N with tert-alkyl or cyclic N) is 1. The Labute approximate surface area is 84.5 Å². The Balaban J connectivity index is 2.23. The third-order valence-corrected chi connectivity index (χ3v) is 2.77. The van der Waals surface area contributed by atoms with Crippen molar-refractivity contribution in [2.24, 2.45) is 5.92 Å². The maximum Gasteiger partial charge on any atom is 0.303 e. The van der Waals surface area contributed by atoms with Crippen molar-refractivity contribution in [1.29, 1.82) is 0 Å². The number of nitrogens with zero attached hydrogens (tertiary/aromatic N) is 1. The Morgan fingerprint density at radius 3 is 2.93 bits per heavy atom. The predicted molar refractivity (Wildman–Crippen MR) is 53.1 cm³/mol. The minimum Gasteiger partial charge on any atom is -0.481 e. The van der Waals surface area contributed by atoms with Crippen molar-refractivity contribution in [2.75, 3.05) is 19.6 Å². The van der Waals surface area contributed by atoms with E-state index in [9.17, 15) is 9.90 Å². The Bertz CT molecular complexity index is 196. The van der Waals surface area contributed by atoms with Gasteiger partial charge in [-0.2, -0.15) is 0 Å². The second kappa shape index (κ2) is 5.32. The molecule has 14 heavy (non-hydrogen) atoms. The van der Waals surface area contributed by atoms with Crippen LogP contribution in [0.1, 0.15) is 26.2 Å². The number of aliphatic carboxylic acids is 1. The summed E-state index contributed by atoms with van der Waals surface area (Å²) in [5.74, 6) is -0.440. The molecule has 1 aliphatic heterocycles. The fraction of sp³-hybridized carbons (Fsp3) is 0.900. The van der Waals surface area contributed by atoms with E-state index in [1.807, 2.05) is 6.92 Å². The Kier molecular flexibility index (Phi) is 4.35. The van der Waals surface area contributed by atoms with Crippen molar-refractivity contribution in [2.45, 2.75) is 32.3 Å². The van der Waals surface area contributed by atoms with Crippen LogP contribution >= 0.6 is 0 Å². The zero-order valence-corrected chi connectivity index (χ0v) is 8.65. The van der Waals surface area contributed by atoms with Crippen LogP contribution in [0.25, 0.3) is 0 Å². The van der Waals surface area contributed by atoms with Crippen molar-refractivity contribution in [3.05, 3.63) is 0 Å². The van der Waals surface area contributed by atoms with E-state index in [0.717, 1.165) is 25.9 Å². The molecule has 0 radical (unpaired) electrons. The first kappa shape index (κ1) is 11.5. The molecule has 82 valence electrons. The van der Waals surface area contributed by atoms with Crippen molar-refractivity contribution < 1.29 is 15.0 Å². The summed E-state index contributed by atoms with van der Waals surface area (Å²) in [4.78, 5) is 12.6. The van der Waals surface area contributed by atoms with Gasteiger partial charge in [0.2, 0.25) is 0 Å². The lowest BCUT2D eigenvalue weighted by atomic mass is 10.1. The second-order valence-electron chi connectivity index (χ2n) is 4.07. The molecule has 2 atom stereocenters. The molecule has 0 aromatic heterocycles. The summed E-state index contributed by atoms with van der Waals surface area (Å²) in [5.41, 5.74) is 0. The smallest absolute Gasteiger partial charge is 0.303 e. The molecule has 4 heteroatoms. The molecule has 0 spiro atoms. The third-order valence-electron chi connectivity index (χ3n) is 2.77. The van der Waals surface area contributed by atoms with Gasteiger partial charge in [-0.15, -0.1) is 0 Å². The van der Waals surface area contributed by atoms with Gasteiger partial charge in [0.25, 0.3) is 0 Å². The summed E-state index contributed by atoms with van der Waals surface area (Å²) < 4.78 is 0. The van der Waals surface area contributed by atoms with Crippen LogP contribution in [0.2, 0.25) is 0 Å². The minimum absolute atomic E-state index is 0.263. The molecule has 0 aromatic carbocycles. The highest BCUT2D eigenvalue weighted by Crippen LogP contribution is 2.19. The van der Waals surface area contributed by atoms with Gasteiger partial charge in [-0.25, -0.2) is 0 Å². The van der Waals surface area contributed by atoms with Gasteiger partial charge in [0.1, 0.15) is 0 Å². The number of carboxylic acids is 1. The van der Waals surface area contributed by atoms with Crippen molar-refractivity contribution in [3.63, 3.8) is 0 Å². The summed E-state index contributed by atoms with van der Waals surface area (Å²) in [6, 6.07) is 0. The molecule has 0 aliphatic carbocycles. The van der Waals surface area contributed by atoms with E-state index in [-0.39, 0.29) is 18.4 Å². The average molecular weight is 201 g/mol. The van der Waals surface area contributed by atoms with Gasteiger partial charge in [-0.1, -0.05) is 6.92 Å². The fourth-order valence-corrected chi connectivity index (χ4v) is 1.92. The van der Waals surface area contributed by atoms with E-state index in [1.54, 1.807) is 0 Å². The lowest BCUT2D eigenvalue weighted by molar-refractivity contribution is -0.138. The number of aliphatic hydroxyl groups is 1. The maximum absolute atomic E-state index is 10.5. The van der Waals surface area contributed by atoms with Gasteiger partial charge in [-0.05, 0) is 25.3 Å². The number of carbonyl (C=O) groups is 1. The van der Waals surface area contributed by atoms with Crippen LogP contribution < -0.4 is 0 Å². The Hall–Kier alpha value is -0.610. The number of aliphatic hydroxyl groups excluding tert-OH is 1. The standard InChI is InChI=1S/C10H19NO3/c1-2-9(12)7-11-4-3-8(6-11)5-10(13)14/h8-9,12H,2-7H2,1H3,(H,13,14). The fourth-order valence-electron chi connectivity index (χ4n) is 1.92. The van der Waals surface area contributed by atoms with Crippen molar-refractivity contribution in [1.82, 2.24) is 4.90 Å². The highest BCUT2D eigenvalue weighted by molar-refractivity contribution is 5.67. The largest absolute Gasteiger partial charge is 0.481 e. The summed E-state index contributed by atoms with van der Waals surface area (Å²) in [6.45, 7) is 4.39. The van der Waals surface area contributed by atoms with Gasteiger partial charge in [0.15, 0.2) is 0 Å². The molecule has 1 aliphatic rings. The van der Waals surface area contributed by atoms with Gasteiger partial charge in [-0.3, -0.25) is 4.79 Å². The van der Waals surface area contributed by atoms with Crippen LogP contribution in [0, 0.1) is 5.92 Å². The van der Waals surface area contributed by atoms with E-state index in [1.165, 1.54) is 0 Å². The average Bonchev–Trinajstić information content (AvgIpc) is 2.51. The van der Waals surface area contributed by atoms with E-state index in [2.05, 4.69) is 4.90 Å². The highest BCUT2D eigenvalue weighted by Gasteiger charge is 2.25. The minimum atomic E-state index is -0.715. The summed E-state index contributed by atoms with van der Waals surface area (Å²) in [5, 5.41) is 18.0. The molecular weight excluding hydrogens is 182 g/mol. The quantitative estimate of drug-likeness (QED) is 0.682. The van der Waals surface area contributed by atoms with E-state index < -0.39 is 5.97 Å². The summed E-state index contributed by atoms with van der Waals surface area (Å²) in [7, 11) is 0. The summed E-state index contributed by atoms with van der Waals surface area (Å²) in [6.07, 6.45) is 1.71. The molecule has 1 saturated heterocycles. The molecular formula is C10H19NO3. The van der Waals surface area contributed by atoms with E-state index >= 15 is 0 Å². The number of hydrogen-bond donors (Lipinski definition) is 2. The third kappa shape index (κ3) is 3.64. The number of rotatable bonds is 5. The molecule has 1 fully saturated rings. The van der Waals surface area contributed by atoms with Gasteiger partial charge in [0, 0.05) is 19.5 Å². The lowest BCUT2D eigenvalue weighted by Gasteiger charge is -2.18. The Morgan fingerprint density at radius 2 is 2.36 bits per heavy atom. The van der Waals surface area contributed by atoms with E-state index in [4.69, 9.17) is 5.11 Å². The Morgan fingerprint density at radius 1 is 1.64 bits per heavy atom. The number of likely N-dealkylation sites (tertiary alicyclic amines) is 1. The molecule has 0 bridgehead atoms. The van der Waals surface area contributed by atoms with Crippen LogP contribution in [0.4, 0.5) is 0 Å². The molecule has 1 heterocycles. The summed E-state index contributed by atoms with van der Waals surface area (Å²) >= 11 is 0. The lowest BCUT2D eigenvalue weighted by Crippen LogP contribution is -2.30. The van der Waals surface area contributed by atoms with Gasteiger partial charge < -0.3 is 15.1 Å². The molecule has 0 amide bonds. The van der Waals surface area contributed by atoms with Crippen molar-refractivity contribution in [3.8, 4) is 0 Å². The van der Waals surface area contributed by atoms with Crippen LogP contribution in [-0.4, -0.2) is 46.8 Å². The zero-order valence-electron chi connectivity index (χ0n) is 8.65. The van der Waals surface area contributed by atoms with Gasteiger partial charge >= 0.3 is 5.97 Å². The second-order valence-corrected chi connectivity index (χ2v) is 4.07. The molecule has 0 saturated carbocycles. The monoisotopic (exact) mass is 201 g/mol. The first-order valence-electron chi connectivity index (χ1n) is 5.24. The van der Waals surface area contributed by atoms with Crippen LogP contribution in [0.15, 0.2) is 0 Å². The van der Waals surface area contributed by atoms with Gasteiger partial charge in [0.05, 0.1) is 6.10 Å². The molecule has 0 aromatic rings. The molecule has 2 unspecified atom stereocenters. The normalized spacial score (nSPS) is 25.1. The maximum atomic E-state index is 10.5. The van der Waals surface area contributed by atoms with Crippen LogP contribution in [-0.2, 0) is 4.79 Å². The molecule has 1 rings (SSSR count). The zero-order chi connectivity index (χ0) is 10.6. The highest BCUT2D eigenvalue weighted by atomic mass is 16.4. The molecule has 2 N–H and O–H groups in total.